The maximum absolute atomic E-state index is 13.6. The van der Waals surface area contributed by atoms with Gasteiger partial charge in [-0.1, -0.05) is 61.4 Å². The first-order chi connectivity index (χ1) is 16.0. The lowest BCUT2D eigenvalue weighted by Crippen LogP contribution is -2.51. The monoisotopic (exact) mass is 487 g/mol. The van der Waals surface area contributed by atoms with E-state index in [4.69, 9.17) is 0 Å². The van der Waals surface area contributed by atoms with Crippen LogP contribution in [0.3, 0.4) is 0 Å². The Morgan fingerprint density at radius 1 is 1.00 bits per heavy atom. The van der Waals surface area contributed by atoms with Crippen LogP contribution in [-0.2, 0) is 26.2 Å². The number of nitrogens with zero attached hydrogens (tertiary/aromatic N) is 2. The molecule has 0 aliphatic rings. The molecule has 2 amide bonds. The summed E-state index contributed by atoms with van der Waals surface area (Å²) in [4.78, 5) is 27.9. The third kappa shape index (κ3) is 7.32. The predicted molar refractivity (Wildman–Crippen MR) is 137 cm³/mol. The SMILES string of the molecule is CCCCNC(=O)[C@@H](C)N(Cc1ccc(C)cc1)C(=O)CN(c1c(C)cccc1C)S(C)(=O)=O. The first-order valence-electron chi connectivity index (χ1n) is 11.6. The van der Waals surface area contributed by atoms with Crippen molar-refractivity contribution >= 4 is 27.5 Å². The number of anilines is 1. The Bertz CT molecular complexity index is 1080. The van der Waals surface area contributed by atoms with Crippen LogP contribution >= 0.6 is 0 Å². The minimum atomic E-state index is -3.75. The van der Waals surface area contributed by atoms with Crippen LogP contribution in [0, 0.1) is 20.8 Å². The Balaban J connectivity index is 2.39. The Labute approximate surface area is 204 Å². The molecule has 0 saturated carbocycles. The molecule has 0 aromatic heterocycles. The normalized spacial score (nSPS) is 12.2. The number of benzene rings is 2. The summed E-state index contributed by atoms with van der Waals surface area (Å²) in [5.41, 5.74) is 3.96. The molecule has 0 unspecified atom stereocenters. The van der Waals surface area contributed by atoms with Gasteiger partial charge in [-0.2, -0.15) is 0 Å². The molecule has 0 saturated heterocycles. The van der Waals surface area contributed by atoms with Gasteiger partial charge in [-0.15, -0.1) is 0 Å². The van der Waals surface area contributed by atoms with Crippen molar-refractivity contribution in [3.8, 4) is 0 Å². The van der Waals surface area contributed by atoms with Crippen molar-refractivity contribution in [2.24, 2.45) is 0 Å². The van der Waals surface area contributed by atoms with Crippen LogP contribution in [0.15, 0.2) is 42.5 Å². The van der Waals surface area contributed by atoms with E-state index in [1.807, 2.05) is 70.2 Å². The number of nitrogens with one attached hydrogen (secondary N) is 1. The fraction of sp³-hybridized carbons (Fsp3) is 0.462. The van der Waals surface area contributed by atoms with Gasteiger partial charge < -0.3 is 10.2 Å². The van der Waals surface area contributed by atoms with Crippen LogP contribution in [0.25, 0.3) is 0 Å². The van der Waals surface area contributed by atoms with Crippen LogP contribution in [0.1, 0.15) is 48.9 Å². The van der Waals surface area contributed by atoms with E-state index in [-0.39, 0.29) is 19.0 Å². The van der Waals surface area contributed by atoms with Gasteiger partial charge in [-0.3, -0.25) is 13.9 Å². The molecular weight excluding hydrogens is 450 g/mol. The topological polar surface area (TPSA) is 86.8 Å². The number of amides is 2. The van der Waals surface area contributed by atoms with Crippen LogP contribution in [0.5, 0.6) is 0 Å². The van der Waals surface area contributed by atoms with Gasteiger partial charge in [0.1, 0.15) is 12.6 Å². The second-order valence-electron chi connectivity index (χ2n) is 8.84. The third-order valence-corrected chi connectivity index (χ3v) is 6.95. The van der Waals surface area contributed by atoms with Crippen molar-refractivity contribution in [3.63, 3.8) is 0 Å². The summed E-state index contributed by atoms with van der Waals surface area (Å²) in [6.45, 7) is 9.68. The van der Waals surface area contributed by atoms with Gasteiger partial charge in [-0.05, 0) is 50.8 Å². The number of sulfonamides is 1. The smallest absolute Gasteiger partial charge is 0.244 e. The summed E-state index contributed by atoms with van der Waals surface area (Å²) >= 11 is 0. The zero-order valence-corrected chi connectivity index (χ0v) is 21.9. The first-order valence-corrected chi connectivity index (χ1v) is 13.5. The highest BCUT2D eigenvalue weighted by Gasteiger charge is 2.31. The van der Waals surface area contributed by atoms with Gasteiger partial charge in [0.2, 0.25) is 21.8 Å². The quantitative estimate of drug-likeness (QED) is 0.490. The average molecular weight is 488 g/mol. The molecule has 2 aromatic rings. The number of unbranched alkanes of at least 4 members (excludes halogenated alkanes) is 1. The van der Waals surface area contributed by atoms with Crippen LogP contribution in [0.2, 0.25) is 0 Å². The number of hydrogen-bond acceptors (Lipinski definition) is 4. The lowest BCUT2D eigenvalue weighted by molar-refractivity contribution is -0.139. The Morgan fingerprint density at radius 3 is 2.12 bits per heavy atom. The standard InChI is InChI=1S/C26H37N3O4S/c1-7-8-16-27-26(31)22(5)28(17-23-14-12-19(2)13-15-23)24(30)18-29(34(6,32)33)25-20(3)10-9-11-21(25)4/h9-15,22H,7-8,16-18H2,1-6H3,(H,27,31)/t22-/m1/s1. The zero-order valence-electron chi connectivity index (χ0n) is 21.1. The van der Waals surface area contributed by atoms with Gasteiger partial charge >= 0.3 is 0 Å². The van der Waals surface area contributed by atoms with Gasteiger partial charge in [0, 0.05) is 13.1 Å². The third-order valence-electron chi connectivity index (χ3n) is 5.84. The van der Waals surface area contributed by atoms with Crippen LogP contribution in [0.4, 0.5) is 5.69 Å². The highest BCUT2D eigenvalue weighted by Crippen LogP contribution is 2.27. The molecular formula is C26H37N3O4S. The predicted octanol–water partition coefficient (Wildman–Crippen LogP) is 3.71. The number of aryl methyl sites for hydroxylation is 3. The summed E-state index contributed by atoms with van der Waals surface area (Å²) in [5, 5.41) is 2.88. The van der Waals surface area contributed by atoms with E-state index >= 15 is 0 Å². The van der Waals surface area contributed by atoms with E-state index in [0.717, 1.165) is 45.7 Å². The van der Waals surface area contributed by atoms with Crippen molar-refractivity contribution in [2.45, 2.75) is 60.0 Å². The molecule has 0 bridgehead atoms. The molecule has 1 N–H and O–H groups in total. The maximum atomic E-state index is 13.6. The Hall–Kier alpha value is -2.87. The summed E-state index contributed by atoms with van der Waals surface area (Å²) < 4.78 is 26.6. The van der Waals surface area contributed by atoms with Gasteiger partial charge in [0.05, 0.1) is 11.9 Å². The molecule has 0 fully saturated rings. The number of carbonyl (C=O) groups is 2. The average Bonchev–Trinajstić information content (AvgIpc) is 2.76. The fourth-order valence-corrected chi connectivity index (χ4v) is 4.75. The van der Waals surface area contributed by atoms with Crippen molar-refractivity contribution in [1.82, 2.24) is 10.2 Å². The number of hydrogen-bond donors (Lipinski definition) is 1. The summed E-state index contributed by atoms with van der Waals surface area (Å²) in [6, 6.07) is 12.5. The van der Waals surface area contributed by atoms with Gasteiger partial charge in [-0.25, -0.2) is 8.42 Å². The molecule has 0 aliphatic carbocycles. The first kappa shape index (κ1) is 27.4. The minimum absolute atomic E-state index is 0.200. The van der Waals surface area contributed by atoms with E-state index in [9.17, 15) is 18.0 Å². The minimum Gasteiger partial charge on any atom is -0.354 e. The molecule has 7 nitrogen and oxygen atoms in total. The van der Waals surface area contributed by atoms with Crippen molar-refractivity contribution < 1.29 is 18.0 Å². The molecule has 1 atom stereocenters. The highest BCUT2D eigenvalue weighted by atomic mass is 32.2. The fourth-order valence-electron chi connectivity index (χ4n) is 3.78. The molecule has 0 spiro atoms. The molecule has 0 heterocycles. The van der Waals surface area contributed by atoms with E-state index in [1.54, 1.807) is 6.92 Å². The maximum Gasteiger partial charge on any atom is 0.244 e. The summed E-state index contributed by atoms with van der Waals surface area (Å²) in [7, 11) is -3.75. The van der Waals surface area contributed by atoms with Crippen molar-refractivity contribution in [3.05, 3.63) is 64.7 Å². The lowest BCUT2D eigenvalue weighted by atomic mass is 10.1. The number of carbonyl (C=O) groups excluding carboxylic acids is 2. The molecule has 0 aliphatic heterocycles. The lowest BCUT2D eigenvalue weighted by Gasteiger charge is -2.32. The second kappa shape index (κ2) is 12.0. The molecule has 34 heavy (non-hydrogen) atoms. The van der Waals surface area contributed by atoms with E-state index < -0.39 is 22.0 Å². The zero-order chi connectivity index (χ0) is 25.5. The Kier molecular flexibility index (Phi) is 9.67. The largest absolute Gasteiger partial charge is 0.354 e. The van der Waals surface area contributed by atoms with Crippen LogP contribution in [-0.4, -0.2) is 50.5 Å². The van der Waals surface area contributed by atoms with E-state index in [2.05, 4.69) is 5.32 Å². The second-order valence-corrected chi connectivity index (χ2v) is 10.7. The van der Waals surface area contributed by atoms with E-state index in [0.29, 0.717) is 12.2 Å². The molecule has 0 radical (unpaired) electrons. The van der Waals surface area contributed by atoms with E-state index in [1.165, 1.54) is 4.90 Å². The number of rotatable bonds is 11. The summed E-state index contributed by atoms with van der Waals surface area (Å²) in [6.07, 6.45) is 2.88. The molecule has 186 valence electrons. The molecule has 2 aromatic carbocycles. The molecule has 8 heteroatoms. The Morgan fingerprint density at radius 2 is 1.59 bits per heavy atom. The summed E-state index contributed by atoms with van der Waals surface area (Å²) in [5.74, 6) is -0.696. The van der Waals surface area contributed by atoms with Gasteiger partial charge in [0.15, 0.2) is 0 Å². The highest BCUT2D eigenvalue weighted by molar-refractivity contribution is 7.92. The number of para-hydroxylation sites is 1. The van der Waals surface area contributed by atoms with Crippen molar-refractivity contribution in [2.75, 3.05) is 23.7 Å². The van der Waals surface area contributed by atoms with Gasteiger partial charge in [0.25, 0.3) is 0 Å². The van der Waals surface area contributed by atoms with Crippen LogP contribution < -0.4 is 9.62 Å². The molecule has 2 rings (SSSR count). The van der Waals surface area contributed by atoms with Crippen molar-refractivity contribution in [1.29, 1.82) is 0 Å².